The van der Waals surface area contributed by atoms with Gasteiger partial charge in [-0.15, -0.1) is 0 Å². The summed E-state index contributed by atoms with van der Waals surface area (Å²) in [7, 11) is 0. The van der Waals surface area contributed by atoms with E-state index in [0.29, 0.717) is 12.0 Å². The van der Waals surface area contributed by atoms with Crippen molar-refractivity contribution in [1.29, 1.82) is 0 Å². The van der Waals surface area contributed by atoms with Crippen LogP contribution in [-0.2, 0) is 4.74 Å². The van der Waals surface area contributed by atoms with Crippen molar-refractivity contribution >= 4 is 6.02 Å². The summed E-state index contributed by atoms with van der Waals surface area (Å²) < 4.78 is 5.59. The number of unbranched alkanes of at least 4 members (excludes halogenated alkanes) is 15. The molecular weight excluding hydrogens is 332 g/mol. The molecule has 1 rings (SSSR count). The van der Waals surface area contributed by atoms with Crippen LogP contribution in [0.2, 0.25) is 0 Å². The Balaban J connectivity index is 1.75. The minimum absolute atomic E-state index is 0.439. The van der Waals surface area contributed by atoms with Crippen molar-refractivity contribution < 1.29 is 4.74 Å². The molecule has 0 amide bonds. The summed E-state index contributed by atoms with van der Waals surface area (Å²) in [4.78, 5) is 4.54. The van der Waals surface area contributed by atoms with Crippen LogP contribution in [-0.4, -0.2) is 25.2 Å². The quantitative estimate of drug-likeness (QED) is 0.254. The number of amidine groups is 1. The molecule has 1 atom stereocenters. The van der Waals surface area contributed by atoms with E-state index < -0.39 is 0 Å². The predicted molar refractivity (Wildman–Crippen MR) is 120 cm³/mol. The summed E-state index contributed by atoms with van der Waals surface area (Å²) in [6.45, 7) is 8.42. The maximum Gasteiger partial charge on any atom is 0.285 e. The largest absolute Gasteiger partial charge is 0.463 e. The molecule has 0 spiro atoms. The van der Waals surface area contributed by atoms with Gasteiger partial charge in [0, 0.05) is 6.54 Å². The molecule has 1 aliphatic heterocycles. The van der Waals surface area contributed by atoms with E-state index in [0.717, 1.165) is 19.2 Å². The molecule has 0 radical (unpaired) electrons. The average Bonchev–Trinajstić information content (AvgIpc) is 3.13. The van der Waals surface area contributed by atoms with Crippen LogP contribution in [0.5, 0.6) is 0 Å². The highest BCUT2D eigenvalue weighted by molar-refractivity contribution is 5.75. The third-order valence-electron chi connectivity index (χ3n) is 5.78. The first-order chi connectivity index (χ1) is 13.2. The first-order valence-electron chi connectivity index (χ1n) is 12.2. The standard InChI is InChI=1S/C24H48N2O/c1-4-5-6-7-8-9-10-11-12-13-14-15-16-17-18-19-20-25-24-26-23(21-27-24)22(2)3/h22-23H,4-21H2,1-3H3,(H,25,26). The van der Waals surface area contributed by atoms with Crippen molar-refractivity contribution in [3.05, 3.63) is 0 Å². The van der Waals surface area contributed by atoms with Gasteiger partial charge in [-0.3, -0.25) is 0 Å². The SMILES string of the molecule is CCCCCCCCCCCCCCCCCCN=C1NC(C(C)C)CO1. The van der Waals surface area contributed by atoms with E-state index in [2.05, 4.69) is 31.1 Å². The molecule has 0 aliphatic carbocycles. The van der Waals surface area contributed by atoms with Crippen molar-refractivity contribution in [3.8, 4) is 0 Å². The van der Waals surface area contributed by atoms with E-state index in [9.17, 15) is 0 Å². The Morgan fingerprint density at radius 1 is 0.778 bits per heavy atom. The van der Waals surface area contributed by atoms with E-state index >= 15 is 0 Å². The maximum atomic E-state index is 5.59. The Morgan fingerprint density at radius 2 is 1.22 bits per heavy atom. The summed E-state index contributed by atoms with van der Waals surface area (Å²) >= 11 is 0. The minimum atomic E-state index is 0.439. The Hall–Kier alpha value is -0.730. The van der Waals surface area contributed by atoms with Gasteiger partial charge in [-0.05, 0) is 12.3 Å². The molecule has 3 heteroatoms. The molecule has 0 saturated carbocycles. The summed E-state index contributed by atoms with van der Waals surface area (Å²) in [5.41, 5.74) is 0. The molecule has 160 valence electrons. The van der Waals surface area contributed by atoms with Crippen molar-refractivity contribution in [2.75, 3.05) is 13.2 Å². The second kappa shape index (κ2) is 17.4. The van der Waals surface area contributed by atoms with Crippen molar-refractivity contribution in [2.24, 2.45) is 10.9 Å². The van der Waals surface area contributed by atoms with Gasteiger partial charge in [-0.2, -0.15) is 0 Å². The van der Waals surface area contributed by atoms with Gasteiger partial charge in [0.1, 0.15) is 6.61 Å². The van der Waals surface area contributed by atoms with Crippen LogP contribution in [0.3, 0.4) is 0 Å². The monoisotopic (exact) mass is 380 g/mol. The molecule has 27 heavy (non-hydrogen) atoms. The predicted octanol–water partition coefficient (Wildman–Crippen LogP) is 7.25. The molecule has 0 aromatic rings. The topological polar surface area (TPSA) is 33.6 Å². The van der Waals surface area contributed by atoms with Crippen LogP contribution in [0.15, 0.2) is 4.99 Å². The lowest BCUT2D eigenvalue weighted by molar-refractivity contribution is 0.299. The fraction of sp³-hybridized carbons (Fsp3) is 0.958. The highest BCUT2D eigenvalue weighted by atomic mass is 16.5. The van der Waals surface area contributed by atoms with Crippen LogP contribution < -0.4 is 5.32 Å². The van der Waals surface area contributed by atoms with E-state index in [4.69, 9.17) is 4.74 Å². The Labute approximate surface area is 170 Å². The van der Waals surface area contributed by atoms with Gasteiger partial charge < -0.3 is 10.1 Å². The molecule has 1 unspecified atom stereocenters. The van der Waals surface area contributed by atoms with Gasteiger partial charge in [0.25, 0.3) is 6.02 Å². The average molecular weight is 381 g/mol. The number of rotatable bonds is 18. The smallest absolute Gasteiger partial charge is 0.285 e. The van der Waals surface area contributed by atoms with Crippen LogP contribution in [0, 0.1) is 5.92 Å². The molecule has 1 fully saturated rings. The van der Waals surface area contributed by atoms with Gasteiger partial charge in [0.05, 0.1) is 6.04 Å². The number of hydrogen-bond acceptors (Lipinski definition) is 2. The van der Waals surface area contributed by atoms with Crippen LogP contribution in [0.4, 0.5) is 0 Å². The zero-order valence-electron chi connectivity index (χ0n) is 18.7. The molecule has 0 bridgehead atoms. The zero-order chi connectivity index (χ0) is 19.6. The summed E-state index contributed by atoms with van der Waals surface area (Å²) in [5.74, 6) is 0.605. The van der Waals surface area contributed by atoms with Crippen LogP contribution in [0.25, 0.3) is 0 Å². The minimum Gasteiger partial charge on any atom is -0.463 e. The van der Waals surface area contributed by atoms with Gasteiger partial charge in [0.15, 0.2) is 0 Å². The van der Waals surface area contributed by atoms with E-state index in [1.54, 1.807) is 0 Å². The Morgan fingerprint density at radius 3 is 1.63 bits per heavy atom. The van der Waals surface area contributed by atoms with E-state index in [1.807, 2.05) is 0 Å². The summed E-state index contributed by atoms with van der Waals surface area (Å²) in [5, 5.41) is 3.37. The fourth-order valence-electron chi connectivity index (χ4n) is 3.70. The Kier molecular flexibility index (Phi) is 15.6. The van der Waals surface area contributed by atoms with Gasteiger partial charge in [0.2, 0.25) is 0 Å². The third-order valence-corrected chi connectivity index (χ3v) is 5.78. The summed E-state index contributed by atoms with van der Waals surface area (Å²) in [6.07, 6.45) is 22.6. The Bertz CT molecular complexity index is 354. The zero-order valence-corrected chi connectivity index (χ0v) is 18.7. The molecule has 1 saturated heterocycles. The highest BCUT2D eigenvalue weighted by Gasteiger charge is 2.23. The molecule has 1 heterocycles. The molecule has 1 N–H and O–H groups in total. The molecule has 0 aromatic heterocycles. The highest BCUT2D eigenvalue weighted by Crippen LogP contribution is 2.14. The first-order valence-corrected chi connectivity index (χ1v) is 12.2. The van der Waals surface area contributed by atoms with Gasteiger partial charge in [-0.1, -0.05) is 117 Å². The van der Waals surface area contributed by atoms with Crippen molar-refractivity contribution in [3.63, 3.8) is 0 Å². The number of ether oxygens (including phenoxy) is 1. The molecule has 3 nitrogen and oxygen atoms in total. The van der Waals surface area contributed by atoms with Gasteiger partial charge >= 0.3 is 0 Å². The van der Waals surface area contributed by atoms with E-state index in [-0.39, 0.29) is 0 Å². The van der Waals surface area contributed by atoms with Crippen LogP contribution in [0.1, 0.15) is 124 Å². The lowest BCUT2D eigenvalue weighted by atomic mass is 10.0. The molecule has 1 aliphatic rings. The number of nitrogens with zero attached hydrogens (tertiary/aromatic N) is 1. The number of nitrogens with one attached hydrogen (secondary N) is 1. The fourth-order valence-corrected chi connectivity index (χ4v) is 3.70. The number of hydrogen-bond donors (Lipinski definition) is 1. The van der Waals surface area contributed by atoms with E-state index in [1.165, 1.54) is 103 Å². The lowest BCUT2D eigenvalue weighted by Crippen LogP contribution is -2.31. The first kappa shape index (κ1) is 24.3. The van der Waals surface area contributed by atoms with Crippen LogP contribution >= 0.6 is 0 Å². The second-order valence-electron chi connectivity index (χ2n) is 8.80. The van der Waals surface area contributed by atoms with Crippen molar-refractivity contribution in [1.82, 2.24) is 5.32 Å². The molecular formula is C24H48N2O. The second-order valence-corrected chi connectivity index (χ2v) is 8.80. The lowest BCUT2D eigenvalue weighted by Gasteiger charge is -2.10. The summed E-state index contributed by atoms with van der Waals surface area (Å²) in [6, 6.07) is 1.21. The normalized spacial score (nSPS) is 18.2. The van der Waals surface area contributed by atoms with Gasteiger partial charge in [-0.25, -0.2) is 4.99 Å². The number of aliphatic imine (C=N–C) groups is 1. The maximum absolute atomic E-state index is 5.59. The molecule has 0 aromatic carbocycles. The van der Waals surface area contributed by atoms with Crippen molar-refractivity contribution in [2.45, 2.75) is 130 Å². The third kappa shape index (κ3) is 14.0.